The maximum atomic E-state index is 12.5. The zero-order valence-electron chi connectivity index (χ0n) is 11.7. The third-order valence-corrected chi connectivity index (χ3v) is 4.23. The van der Waals surface area contributed by atoms with Crippen molar-refractivity contribution in [3.8, 4) is 0 Å². The first-order valence-corrected chi connectivity index (χ1v) is 7.77. The summed E-state index contributed by atoms with van der Waals surface area (Å²) in [4.78, 5) is 30.9. The predicted molar refractivity (Wildman–Crippen MR) is 86.6 cm³/mol. The predicted octanol–water partition coefficient (Wildman–Crippen LogP) is 2.68. The molecule has 0 atom stereocenters. The van der Waals surface area contributed by atoms with Gasteiger partial charge in [0.25, 0.3) is 11.5 Å². The summed E-state index contributed by atoms with van der Waals surface area (Å²) < 4.78 is 1.38. The van der Waals surface area contributed by atoms with Gasteiger partial charge in [-0.1, -0.05) is 23.7 Å². The molecule has 5 nitrogen and oxygen atoms in total. The Kier molecular flexibility index (Phi) is 3.96. The van der Waals surface area contributed by atoms with Gasteiger partial charge in [0.05, 0.1) is 0 Å². The number of benzene rings is 1. The molecule has 3 aromatic rings. The molecular weight excluding hydrogens is 322 g/mol. The molecular formula is C15H12ClN3O2S. The van der Waals surface area contributed by atoms with Crippen molar-refractivity contribution in [3.63, 3.8) is 0 Å². The Bertz CT molecular complexity index is 903. The second-order valence-corrected chi connectivity index (χ2v) is 6.13. The Morgan fingerprint density at radius 2 is 2.27 bits per heavy atom. The van der Waals surface area contributed by atoms with Crippen LogP contribution in [0.15, 0.2) is 46.8 Å². The summed E-state index contributed by atoms with van der Waals surface area (Å²) in [6.07, 6.45) is 2.95. The number of thiazole rings is 1. The fourth-order valence-electron chi connectivity index (χ4n) is 2.16. The van der Waals surface area contributed by atoms with Gasteiger partial charge in [0.15, 0.2) is 4.96 Å². The Morgan fingerprint density at radius 3 is 3.05 bits per heavy atom. The quantitative estimate of drug-likeness (QED) is 0.740. The molecule has 0 spiro atoms. The molecule has 22 heavy (non-hydrogen) atoms. The monoisotopic (exact) mass is 333 g/mol. The molecule has 0 radical (unpaired) electrons. The fraction of sp³-hybridized carbons (Fsp3) is 0.133. The van der Waals surface area contributed by atoms with Crippen molar-refractivity contribution in [2.24, 2.45) is 0 Å². The van der Waals surface area contributed by atoms with Crippen LogP contribution >= 0.6 is 22.9 Å². The molecule has 3 rings (SSSR count). The van der Waals surface area contributed by atoms with Gasteiger partial charge in [0.1, 0.15) is 5.56 Å². The van der Waals surface area contributed by atoms with E-state index in [1.807, 2.05) is 12.1 Å². The first-order chi connectivity index (χ1) is 10.6. The van der Waals surface area contributed by atoms with Crippen LogP contribution in [0.5, 0.6) is 0 Å². The largest absolute Gasteiger partial charge is 0.337 e. The van der Waals surface area contributed by atoms with Crippen molar-refractivity contribution < 1.29 is 4.79 Å². The van der Waals surface area contributed by atoms with Crippen LogP contribution in [-0.4, -0.2) is 27.2 Å². The lowest BCUT2D eigenvalue weighted by Crippen LogP contribution is -2.32. The maximum Gasteiger partial charge on any atom is 0.271 e. The first-order valence-electron chi connectivity index (χ1n) is 6.51. The number of halogens is 1. The molecule has 0 saturated carbocycles. The van der Waals surface area contributed by atoms with Crippen molar-refractivity contribution in [2.75, 3.05) is 7.05 Å². The minimum Gasteiger partial charge on any atom is -0.337 e. The summed E-state index contributed by atoms with van der Waals surface area (Å²) in [6, 6.07) is 7.26. The Labute approximate surface area is 135 Å². The fourth-order valence-corrected chi connectivity index (χ4v) is 3.05. The van der Waals surface area contributed by atoms with E-state index in [4.69, 9.17) is 11.6 Å². The summed E-state index contributed by atoms with van der Waals surface area (Å²) in [5.41, 5.74) is 0.600. The molecule has 0 unspecified atom stereocenters. The minimum absolute atomic E-state index is 0.0560. The lowest BCUT2D eigenvalue weighted by Gasteiger charge is -2.17. The third-order valence-electron chi connectivity index (χ3n) is 3.23. The van der Waals surface area contributed by atoms with Gasteiger partial charge in [0.2, 0.25) is 0 Å². The summed E-state index contributed by atoms with van der Waals surface area (Å²) in [6.45, 7) is 0.366. The molecule has 112 valence electrons. The van der Waals surface area contributed by atoms with Gasteiger partial charge in [-0.15, -0.1) is 11.3 Å². The highest BCUT2D eigenvalue weighted by Crippen LogP contribution is 2.13. The number of carbonyl (C=O) groups is 1. The molecule has 1 amide bonds. The molecule has 0 saturated heterocycles. The highest BCUT2D eigenvalue weighted by atomic mass is 35.5. The van der Waals surface area contributed by atoms with Crippen LogP contribution in [-0.2, 0) is 6.54 Å². The number of nitrogens with zero attached hydrogens (tertiary/aromatic N) is 3. The van der Waals surface area contributed by atoms with Gasteiger partial charge in [-0.05, 0) is 17.7 Å². The smallest absolute Gasteiger partial charge is 0.271 e. The number of amides is 1. The maximum absolute atomic E-state index is 12.5. The Balaban J connectivity index is 1.88. The summed E-state index contributed by atoms with van der Waals surface area (Å²) in [5.74, 6) is -0.363. The van der Waals surface area contributed by atoms with Gasteiger partial charge < -0.3 is 4.90 Å². The second kappa shape index (κ2) is 5.90. The van der Waals surface area contributed by atoms with E-state index in [1.54, 1.807) is 30.8 Å². The number of fused-ring (bicyclic) bond motifs is 1. The van der Waals surface area contributed by atoms with Crippen molar-refractivity contribution in [1.29, 1.82) is 0 Å². The molecule has 2 aromatic heterocycles. The van der Waals surface area contributed by atoms with E-state index >= 15 is 0 Å². The standard InChI is InChI=1S/C15H12ClN3O2S/c1-18(9-10-3-2-4-11(16)7-10)13(20)12-8-17-15-19(14(12)21)5-6-22-15/h2-8H,9H2,1H3. The lowest BCUT2D eigenvalue weighted by atomic mass is 10.2. The van der Waals surface area contributed by atoms with Crippen molar-refractivity contribution >= 4 is 33.8 Å². The van der Waals surface area contributed by atoms with Crippen molar-refractivity contribution in [2.45, 2.75) is 6.54 Å². The van der Waals surface area contributed by atoms with Gasteiger partial charge in [-0.25, -0.2) is 4.98 Å². The van der Waals surface area contributed by atoms with Crippen LogP contribution in [0.25, 0.3) is 4.96 Å². The third kappa shape index (κ3) is 2.75. The van der Waals surface area contributed by atoms with Crippen LogP contribution < -0.4 is 5.56 Å². The number of hydrogen-bond donors (Lipinski definition) is 0. The number of hydrogen-bond acceptors (Lipinski definition) is 4. The van der Waals surface area contributed by atoms with E-state index in [0.717, 1.165) is 5.56 Å². The SMILES string of the molecule is CN(Cc1cccc(Cl)c1)C(=O)c1cnc2sccn2c1=O. The molecule has 0 aliphatic rings. The van der Waals surface area contributed by atoms with Crippen molar-refractivity contribution in [3.05, 3.63) is 68.5 Å². The average molecular weight is 334 g/mol. The van der Waals surface area contributed by atoms with E-state index in [-0.39, 0.29) is 17.0 Å². The van der Waals surface area contributed by atoms with Gasteiger partial charge >= 0.3 is 0 Å². The normalized spacial score (nSPS) is 10.8. The molecule has 0 bridgehead atoms. The number of rotatable bonds is 3. The summed E-state index contributed by atoms with van der Waals surface area (Å²) in [5, 5.41) is 2.37. The zero-order valence-corrected chi connectivity index (χ0v) is 13.3. The lowest BCUT2D eigenvalue weighted by molar-refractivity contribution is 0.0782. The van der Waals surface area contributed by atoms with Crippen LogP contribution in [0.2, 0.25) is 5.02 Å². The number of aromatic nitrogens is 2. The zero-order chi connectivity index (χ0) is 15.7. The average Bonchev–Trinajstić information content (AvgIpc) is 2.96. The van der Waals surface area contributed by atoms with E-state index in [9.17, 15) is 9.59 Å². The summed E-state index contributed by atoms with van der Waals surface area (Å²) in [7, 11) is 1.64. The van der Waals surface area contributed by atoms with Gasteiger partial charge in [-0.3, -0.25) is 14.0 Å². The van der Waals surface area contributed by atoms with Crippen LogP contribution in [0, 0.1) is 0 Å². The minimum atomic E-state index is -0.363. The molecule has 7 heteroatoms. The topological polar surface area (TPSA) is 54.7 Å². The van der Waals surface area contributed by atoms with E-state index < -0.39 is 0 Å². The number of carbonyl (C=O) groups excluding carboxylic acids is 1. The van der Waals surface area contributed by atoms with Gasteiger partial charge in [0, 0.05) is 36.4 Å². The highest BCUT2D eigenvalue weighted by molar-refractivity contribution is 7.15. The molecule has 2 heterocycles. The molecule has 0 fully saturated rings. The molecule has 0 aliphatic heterocycles. The van der Waals surface area contributed by atoms with E-state index in [2.05, 4.69) is 4.98 Å². The Morgan fingerprint density at radius 1 is 1.45 bits per heavy atom. The van der Waals surface area contributed by atoms with Crippen LogP contribution in [0.4, 0.5) is 0 Å². The molecule has 0 N–H and O–H groups in total. The van der Waals surface area contributed by atoms with Crippen LogP contribution in [0.1, 0.15) is 15.9 Å². The molecule has 0 aliphatic carbocycles. The van der Waals surface area contributed by atoms with E-state index in [0.29, 0.717) is 16.5 Å². The molecule has 1 aromatic carbocycles. The highest BCUT2D eigenvalue weighted by Gasteiger charge is 2.18. The van der Waals surface area contributed by atoms with Crippen LogP contribution in [0.3, 0.4) is 0 Å². The van der Waals surface area contributed by atoms with E-state index in [1.165, 1.54) is 26.8 Å². The second-order valence-electron chi connectivity index (χ2n) is 4.82. The van der Waals surface area contributed by atoms with Gasteiger partial charge in [-0.2, -0.15) is 0 Å². The first kappa shape index (κ1) is 14.7. The summed E-state index contributed by atoms with van der Waals surface area (Å²) >= 11 is 7.28. The van der Waals surface area contributed by atoms with Crippen molar-refractivity contribution in [1.82, 2.24) is 14.3 Å². The Hall–Kier alpha value is -2.18.